The summed E-state index contributed by atoms with van der Waals surface area (Å²) in [5.74, 6) is 0.433. The van der Waals surface area contributed by atoms with E-state index in [0.717, 1.165) is 12.8 Å². The smallest absolute Gasteiger partial charge is 0.273 e. The van der Waals surface area contributed by atoms with Crippen LogP contribution in [-0.2, 0) is 4.74 Å². The highest BCUT2D eigenvalue weighted by Crippen LogP contribution is 2.20. The van der Waals surface area contributed by atoms with Gasteiger partial charge < -0.3 is 20.2 Å². The molecule has 20 heavy (non-hydrogen) atoms. The number of hydrogen-bond donors (Lipinski definition) is 2. The van der Waals surface area contributed by atoms with Crippen molar-refractivity contribution >= 4 is 5.91 Å². The fourth-order valence-corrected chi connectivity index (χ4v) is 1.65. The fraction of sp³-hybridized carbons (Fsp3) is 0.714. The molecular weight excluding hydrogens is 258 g/mol. The minimum Gasteiger partial charge on any atom is -0.446 e. The summed E-state index contributed by atoms with van der Waals surface area (Å²) in [4.78, 5) is 16.0. The van der Waals surface area contributed by atoms with Crippen molar-refractivity contribution in [2.45, 2.75) is 39.7 Å². The van der Waals surface area contributed by atoms with Crippen molar-refractivity contribution in [1.29, 1.82) is 0 Å². The third-order valence-electron chi connectivity index (χ3n) is 3.25. The number of amides is 1. The molecule has 0 spiro atoms. The Morgan fingerprint density at radius 2 is 2.30 bits per heavy atom. The molecule has 0 bridgehead atoms. The van der Waals surface area contributed by atoms with Crippen LogP contribution in [0.25, 0.3) is 0 Å². The number of aromatic nitrogens is 1. The number of nitrogens with two attached hydrogens (primary N) is 1. The van der Waals surface area contributed by atoms with Crippen LogP contribution in [0.2, 0.25) is 0 Å². The standard InChI is InChI=1S/C14H25N3O3/c1-4-10(3)12(15)14-17-11(9-20-14)13(18)16-7-6-8-19-5-2/h9-10,12H,4-8,15H2,1-3H3,(H,16,18). The molecule has 2 unspecified atom stereocenters. The minimum absolute atomic E-state index is 0.243. The second kappa shape index (κ2) is 8.71. The number of ether oxygens (including phenoxy) is 1. The van der Waals surface area contributed by atoms with Gasteiger partial charge in [-0.15, -0.1) is 0 Å². The van der Waals surface area contributed by atoms with E-state index in [-0.39, 0.29) is 23.6 Å². The van der Waals surface area contributed by atoms with Gasteiger partial charge in [-0.3, -0.25) is 4.79 Å². The highest BCUT2D eigenvalue weighted by Gasteiger charge is 2.20. The predicted octanol–water partition coefficient (Wildman–Crippen LogP) is 1.88. The average molecular weight is 283 g/mol. The van der Waals surface area contributed by atoms with Crippen molar-refractivity contribution in [3.05, 3.63) is 17.8 Å². The Morgan fingerprint density at radius 3 is 2.95 bits per heavy atom. The van der Waals surface area contributed by atoms with Crippen molar-refractivity contribution in [2.24, 2.45) is 11.7 Å². The summed E-state index contributed by atoms with van der Waals surface area (Å²) < 4.78 is 10.5. The zero-order valence-electron chi connectivity index (χ0n) is 12.5. The lowest BCUT2D eigenvalue weighted by molar-refractivity contribution is 0.0939. The topological polar surface area (TPSA) is 90.4 Å². The van der Waals surface area contributed by atoms with E-state index in [4.69, 9.17) is 14.9 Å². The number of rotatable bonds is 9. The van der Waals surface area contributed by atoms with Gasteiger partial charge in [0.1, 0.15) is 6.26 Å². The monoisotopic (exact) mass is 283 g/mol. The van der Waals surface area contributed by atoms with Crippen LogP contribution < -0.4 is 11.1 Å². The maximum atomic E-state index is 11.8. The Labute approximate surface area is 120 Å². The van der Waals surface area contributed by atoms with Gasteiger partial charge in [0.05, 0.1) is 6.04 Å². The van der Waals surface area contributed by atoms with Crippen LogP contribution in [0.4, 0.5) is 0 Å². The van der Waals surface area contributed by atoms with E-state index in [2.05, 4.69) is 17.2 Å². The molecular formula is C14H25N3O3. The number of hydrogen-bond acceptors (Lipinski definition) is 5. The number of carbonyl (C=O) groups is 1. The highest BCUT2D eigenvalue weighted by molar-refractivity contribution is 5.91. The van der Waals surface area contributed by atoms with E-state index in [9.17, 15) is 4.79 Å². The zero-order valence-corrected chi connectivity index (χ0v) is 12.5. The molecule has 114 valence electrons. The van der Waals surface area contributed by atoms with Crippen LogP contribution in [-0.4, -0.2) is 30.6 Å². The van der Waals surface area contributed by atoms with Crippen molar-refractivity contribution in [1.82, 2.24) is 10.3 Å². The molecule has 0 aliphatic heterocycles. The lowest BCUT2D eigenvalue weighted by atomic mass is 10.0. The normalized spacial score (nSPS) is 14.0. The van der Waals surface area contributed by atoms with E-state index < -0.39 is 0 Å². The summed E-state index contributed by atoms with van der Waals surface area (Å²) in [7, 11) is 0. The van der Waals surface area contributed by atoms with E-state index in [1.807, 2.05) is 13.8 Å². The molecule has 1 rings (SSSR count). The predicted molar refractivity (Wildman–Crippen MR) is 76.3 cm³/mol. The largest absolute Gasteiger partial charge is 0.446 e. The Balaban J connectivity index is 2.44. The molecule has 0 fully saturated rings. The summed E-state index contributed by atoms with van der Waals surface area (Å²) in [5, 5.41) is 2.77. The second-order valence-electron chi connectivity index (χ2n) is 4.79. The average Bonchev–Trinajstić information content (AvgIpc) is 2.95. The lowest BCUT2D eigenvalue weighted by Crippen LogP contribution is -2.26. The van der Waals surface area contributed by atoms with Crippen molar-refractivity contribution in [3.63, 3.8) is 0 Å². The molecule has 2 atom stereocenters. The highest BCUT2D eigenvalue weighted by atomic mass is 16.5. The first-order chi connectivity index (χ1) is 9.60. The van der Waals surface area contributed by atoms with Gasteiger partial charge in [0.2, 0.25) is 5.89 Å². The van der Waals surface area contributed by atoms with E-state index in [1.165, 1.54) is 6.26 Å². The molecule has 0 saturated carbocycles. The quantitative estimate of drug-likeness (QED) is 0.675. The molecule has 0 aromatic carbocycles. The summed E-state index contributed by atoms with van der Waals surface area (Å²) >= 11 is 0. The zero-order chi connectivity index (χ0) is 15.0. The fourth-order valence-electron chi connectivity index (χ4n) is 1.65. The van der Waals surface area contributed by atoms with Crippen LogP contribution in [0.5, 0.6) is 0 Å². The van der Waals surface area contributed by atoms with Crippen LogP contribution in [0.1, 0.15) is 56.0 Å². The van der Waals surface area contributed by atoms with Gasteiger partial charge in [0.25, 0.3) is 5.91 Å². The Hall–Kier alpha value is -1.40. The number of oxazole rings is 1. The van der Waals surface area contributed by atoms with Gasteiger partial charge in [-0.1, -0.05) is 20.3 Å². The summed E-state index contributed by atoms with van der Waals surface area (Å²) in [6.45, 7) is 7.91. The maximum absolute atomic E-state index is 11.8. The molecule has 1 aromatic rings. The van der Waals surface area contributed by atoms with Crippen molar-refractivity contribution in [2.75, 3.05) is 19.8 Å². The van der Waals surface area contributed by atoms with Gasteiger partial charge in [-0.2, -0.15) is 0 Å². The first-order valence-electron chi connectivity index (χ1n) is 7.17. The Morgan fingerprint density at radius 1 is 1.55 bits per heavy atom. The molecule has 1 aromatic heterocycles. The van der Waals surface area contributed by atoms with Gasteiger partial charge >= 0.3 is 0 Å². The second-order valence-corrected chi connectivity index (χ2v) is 4.79. The SMILES string of the molecule is CCOCCCNC(=O)c1coc(C(N)C(C)CC)n1. The number of carbonyl (C=O) groups excluding carboxylic acids is 1. The molecule has 6 nitrogen and oxygen atoms in total. The Kier molecular flexibility index (Phi) is 7.25. The van der Waals surface area contributed by atoms with E-state index in [1.54, 1.807) is 0 Å². The molecule has 1 amide bonds. The van der Waals surface area contributed by atoms with E-state index in [0.29, 0.717) is 25.6 Å². The molecule has 0 aliphatic carbocycles. The van der Waals surface area contributed by atoms with Crippen molar-refractivity contribution in [3.8, 4) is 0 Å². The summed E-state index contributed by atoms with van der Waals surface area (Å²) in [5.41, 5.74) is 6.29. The third-order valence-corrected chi connectivity index (χ3v) is 3.25. The van der Waals surface area contributed by atoms with Gasteiger partial charge in [-0.05, 0) is 19.3 Å². The molecule has 0 aliphatic rings. The minimum atomic E-state index is -0.278. The first-order valence-corrected chi connectivity index (χ1v) is 7.17. The third kappa shape index (κ3) is 4.94. The molecule has 0 saturated heterocycles. The molecule has 6 heteroatoms. The van der Waals surface area contributed by atoms with Gasteiger partial charge in [0.15, 0.2) is 5.69 Å². The van der Waals surface area contributed by atoms with Gasteiger partial charge in [0, 0.05) is 19.8 Å². The number of nitrogens with one attached hydrogen (secondary N) is 1. The van der Waals surface area contributed by atoms with Crippen molar-refractivity contribution < 1.29 is 13.9 Å². The van der Waals surface area contributed by atoms with Crippen LogP contribution in [0.3, 0.4) is 0 Å². The van der Waals surface area contributed by atoms with Crippen LogP contribution in [0.15, 0.2) is 10.7 Å². The molecule has 1 heterocycles. The number of nitrogens with zero attached hydrogens (tertiary/aromatic N) is 1. The van der Waals surface area contributed by atoms with E-state index >= 15 is 0 Å². The van der Waals surface area contributed by atoms with Gasteiger partial charge in [-0.25, -0.2) is 4.98 Å². The summed E-state index contributed by atoms with van der Waals surface area (Å²) in [6.07, 6.45) is 3.06. The lowest BCUT2D eigenvalue weighted by Gasteiger charge is -2.13. The Bertz CT molecular complexity index is 406. The summed E-state index contributed by atoms with van der Waals surface area (Å²) in [6, 6.07) is -0.278. The maximum Gasteiger partial charge on any atom is 0.273 e. The van der Waals surface area contributed by atoms with Crippen LogP contribution in [0, 0.1) is 5.92 Å². The first kappa shape index (κ1) is 16.7. The molecule has 3 N–H and O–H groups in total. The van der Waals surface area contributed by atoms with Crippen LogP contribution >= 0.6 is 0 Å². The molecule has 0 radical (unpaired) electrons.